The summed E-state index contributed by atoms with van der Waals surface area (Å²) in [5, 5.41) is 13.1. The molecule has 0 spiro atoms. The molecule has 0 amide bonds. The molecule has 0 aliphatic heterocycles. The summed E-state index contributed by atoms with van der Waals surface area (Å²) in [5.41, 5.74) is 4.95. The zero-order valence-electron chi connectivity index (χ0n) is 18.0. The molecule has 0 bridgehead atoms. The van der Waals surface area contributed by atoms with Crippen LogP contribution < -0.4 is 39.4 Å². The van der Waals surface area contributed by atoms with Crippen LogP contribution in [0.5, 0.6) is 5.75 Å². The average Bonchev–Trinajstić information content (AvgIpc) is 3.28. The van der Waals surface area contributed by atoms with E-state index in [2.05, 4.69) is 42.0 Å². The Morgan fingerprint density at radius 1 is 0.938 bits per heavy atom. The first-order chi connectivity index (χ1) is 15.1. The van der Waals surface area contributed by atoms with Crippen LogP contribution in [0.25, 0.3) is 21.6 Å². The molecule has 4 aromatic rings. The Balaban J connectivity index is 0.00000289. The van der Waals surface area contributed by atoms with E-state index in [1.165, 1.54) is 0 Å². The number of carboxylic acids is 1. The maximum Gasteiger partial charge on any atom is 1.00 e. The average molecular weight is 469 g/mol. The van der Waals surface area contributed by atoms with Gasteiger partial charge in [0.25, 0.3) is 0 Å². The Morgan fingerprint density at radius 2 is 1.72 bits per heavy atom. The number of benzene rings is 3. The molecule has 156 valence electrons. The molecule has 0 aliphatic carbocycles. The van der Waals surface area contributed by atoms with Gasteiger partial charge in [0.05, 0.1) is 0 Å². The monoisotopic (exact) mass is 468 g/mol. The first-order valence-electron chi connectivity index (χ1n) is 9.86. The smallest absolute Gasteiger partial charge is 0.550 e. The van der Waals surface area contributed by atoms with Crippen LogP contribution in [0.3, 0.4) is 0 Å². The summed E-state index contributed by atoms with van der Waals surface area (Å²) in [6.45, 7) is 0.493. The predicted octanol–water partition coefficient (Wildman–Crippen LogP) is 2.68. The van der Waals surface area contributed by atoms with Crippen molar-refractivity contribution in [3.8, 4) is 27.3 Å². The minimum Gasteiger partial charge on any atom is -0.550 e. The zero-order chi connectivity index (χ0) is 21.6. The number of carboxylic acid groups (broad SMARTS) is 1. The summed E-state index contributed by atoms with van der Waals surface area (Å²) in [5.74, 6) is -0.250. The molecule has 0 saturated carbocycles. The third-order valence-corrected chi connectivity index (χ3v) is 6.61. The van der Waals surface area contributed by atoms with Crippen molar-refractivity contribution in [2.75, 3.05) is 6.26 Å². The minimum absolute atomic E-state index is 0. The largest absolute Gasteiger partial charge is 1.00 e. The molecule has 0 atom stereocenters. The van der Waals surface area contributed by atoms with Crippen molar-refractivity contribution < 1.29 is 44.2 Å². The second-order valence-corrected chi connectivity index (χ2v) is 8.84. The van der Waals surface area contributed by atoms with Gasteiger partial charge in [0, 0.05) is 33.3 Å². The predicted molar refractivity (Wildman–Crippen MR) is 126 cm³/mol. The third-order valence-electron chi connectivity index (χ3n) is 4.92. The molecule has 0 saturated heterocycles. The molecule has 32 heavy (non-hydrogen) atoms. The number of aliphatic carboxylic acids is 1. The summed E-state index contributed by atoms with van der Waals surface area (Å²) in [7, 11) is 0. The van der Waals surface area contributed by atoms with E-state index < -0.39 is 5.97 Å². The van der Waals surface area contributed by atoms with Crippen LogP contribution in [-0.2, 0) is 17.8 Å². The van der Waals surface area contributed by atoms with Gasteiger partial charge in [-0.15, -0.1) is 23.1 Å². The molecule has 1 aromatic heterocycles. The fourth-order valence-electron chi connectivity index (χ4n) is 3.44. The Kier molecular flexibility index (Phi) is 9.02. The van der Waals surface area contributed by atoms with Crippen molar-refractivity contribution in [2.24, 2.45) is 0 Å². The molecule has 0 aliphatic rings. The first kappa shape index (κ1) is 24.6. The van der Waals surface area contributed by atoms with Crippen LogP contribution in [0.15, 0.2) is 89.1 Å². The summed E-state index contributed by atoms with van der Waals surface area (Å²) in [4.78, 5) is 13.3. The van der Waals surface area contributed by atoms with Crippen LogP contribution in [0, 0.1) is 0 Å². The maximum atomic E-state index is 11.0. The Hall–Kier alpha value is -2.02. The number of hydrogen-bond acceptors (Lipinski definition) is 5. The number of thiophene rings is 1. The maximum absolute atomic E-state index is 11.0. The fourth-order valence-corrected chi connectivity index (χ4v) is 4.79. The summed E-state index contributed by atoms with van der Waals surface area (Å²) < 4.78 is 6.22. The van der Waals surface area contributed by atoms with Gasteiger partial charge in [0.15, 0.2) is 0 Å². The molecule has 1 heterocycles. The Bertz CT molecular complexity index is 1190. The van der Waals surface area contributed by atoms with Gasteiger partial charge in [0.1, 0.15) is 12.4 Å². The number of rotatable bonds is 8. The number of carbonyl (C=O) groups is 1. The van der Waals surface area contributed by atoms with Crippen molar-refractivity contribution >= 4 is 29.1 Å². The van der Waals surface area contributed by atoms with Gasteiger partial charge < -0.3 is 14.6 Å². The van der Waals surface area contributed by atoms with E-state index in [-0.39, 0.29) is 36.0 Å². The van der Waals surface area contributed by atoms with Crippen LogP contribution in [0.4, 0.5) is 0 Å². The molecular weight excluding hydrogens is 447 g/mol. The van der Waals surface area contributed by atoms with Gasteiger partial charge in [0.2, 0.25) is 0 Å². The Labute approximate surface area is 218 Å². The molecule has 0 fully saturated rings. The van der Waals surface area contributed by atoms with Gasteiger partial charge in [-0.25, -0.2) is 0 Å². The van der Waals surface area contributed by atoms with Gasteiger partial charge in [-0.2, -0.15) is 0 Å². The van der Waals surface area contributed by atoms with Gasteiger partial charge in [-0.3, -0.25) is 0 Å². The summed E-state index contributed by atoms with van der Waals surface area (Å²) in [6.07, 6.45) is 1.96. The van der Waals surface area contributed by atoms with Gasteiger partial charge >= 0.3 is 29.6 Å². The van der Waals surface area contributed by atoms with Crippen LogP contribution in [0.1, 0.15) is 11.1 Å². The normalized spacial score (nSPS) is 10.4. The molecule has 0 unspecified atom stereocenters. The zero-order valence-corrected chi connectivity index (χ0v) is 21.7. The number of thioether (sulfide) groups is 1. The standard InChI is InChI=1S/C26H22O3S2.Na/c1-30-21-10-11-24(29-17-18-6-3-2-4-7-18)23(16-21)22-12-13-31-26(22)20-9-5-8-19(14-20)15-25(27)28;/h2-14,16H,15,17H2,1H3,(H,27,28);/q;+1/p-1. The van der Waals surface area contributed by atoms with Crippen LogP contribution >= 0.6 is 23.1 Å². The molecule has 6 heteroatoms. The van der Waals surface area contributed by atoms with E-state index in [1.54, 1.807) is 23.1 Å². The van der Waals surface area contributed by atoms with E-state index in [4.69, 9.17) is 4.74 Å². The molecule has 0 radical (unpaired) electrons. The quantitative estimate of drug-likeness (QED) is 0.295. The van der Waals surface area contributed by atoms with Gasteiger partial charge in [-0.1, -0.05) is 48.5 Å². The SMILES string of the molecule is CSc1ccc(OCc2ccccc2)c(-c2ccsc2-c2cccc(CC(=O)[O-])c2)c1.[Na+]. The van der Waals surface area contributed by atoms with E-state index in [0.29, 0.717) is 6.61 Å². The van der Waals surface area contributed by atoms with E-state index in [0.717, 1.165) is 43.3 Å². The summed E-state index contributed by atoms with van der Waals surface area (Å²) in [6, 6.07) is 26.1. The van der Waals surface area contributed by atoms with E-state index >= 15 is 0 Å². The number of ether oxygens (including phenoxy) is 1. The van der Waals surface area contributed by atoms with Gasteiger partial charge in [-0.05, 0) is 58.7 Å². The van der Waals surface area contributed by atoms with Crippen molar-refractivity contribution in [3.05, 3.63) is 95.4 Å². The van der Waals surface area contributed by atoms with Crippen LogP contribution in [-0.4, -0.2) is 12.2 Å². The molecular formula is C26H21NaO3S2. The molecule has 3 aromatic carbocycles. The fraction of sp³-hybridized carbons (Fsp3) is 0.115. The second-order valence-electron chi connectivity index (χ2n) is 7.05. The van der Waals surface area contributed by atoms with Crippen molar-refractivity contribution in [2.45, 2.75) is 17.9 Å². The van der Waals surface area contributed by atoms with E-state index in [1.807, 2.05) is 48.5 Å². The summed E-state index contributed by atoms with van der Waals surface area (Å²) >= 11 is 3.33. The molecule has 0 N–H and O–H groups in total. The van der Waals surface area contributed by atoms with Crippen molar-refractivity contribution in [3.63, 3.8) is 0 Å². The number of carbonyl (C=O) groups excluding carboxylic acids is 1. The Morgan fingerprint density at radius 3 is 2.47 bits per heavy atom. The molecule has 4 rings (SSSR count). The minimum atomic E-state index is -1.08. The van der Waals surface area contributed by atoms with Crippen molar-refractivity contribution in [1.82, 2.24) is 0 Å². The third kappa shape index (κ3) is 6.06. The number of hydrogen-bond donors (Lipinski definition) is 0. The second kappa shape index (κ2) is 11.7. The van der Waals surface area contributed by atoms with Crippen LogP contribution in [0.2, 0.25) is 0 Å². The first-order valence-corrected chi connectivity index (χ1v) is 12.0. The van der Waals surface area contributed by atoms with Crippen molar-refractivity contribution in [1.29, 1.82) is 0 Å². The van der Waals surface area contributed by atoms with E-state index in [9.17, 15) is 9.90 Å². The topological polar surface area (TPSA) is 49.4 Å². The molecule has 3 nitrogen and oxygen atoms in total.